The van der Waals surface area contributed by atoms with Gasteiger partial charge in [-0.3, -0.25) is 4.79 Å². The number of rotatable bonds is 8. The number of para-hydroxylation sites is 2. The normalized spacial score (nSPS) is 10.9. The van der Waals surface area contributed by atoms with Gasteiger partial charge < -0.3 is 14.6 Å². The maximum absolute atomic E-state index is 11.5. The maximum atomic E-state index is 11.5. The van der Waals surface area contributed by atoms with Crippen LogP contribution in [0.25, 0.3) is 11.0 Å². The van der Waals surface area contributed by atoms with E-state index in [4.69, 9.17) is 4.74 Å². The Morgan fingerprint density at radius 2 is 1.96 bits per heavy atom. The second-order valence-electron chi connectivity index (χ2n) is 6.66. The highest BCUT2D eigenvalue weighted by atomic mass is 16.5. The maximum Gasteiger partial charge on any atom is 0.243 e. The first kappa shape index (κ1) is 18.7. The van der Waals surface area contributed by atoms with Gasteiger partial charge in [-0.05, 0) is 41.8 Å². The zero-order valence-electron chi connectivity index (χ0n) is 15.8. The van der Waals surface area contributed by atoms with Gasteiger partial charge in [-0.2, -0.15) is 0 Å². The largest absolute Gasteiger partial charge is 0.492 e. The molecule has 3 aromatic rings. The van der Waals surface area contributed by atoms with Gasteiger partial charge in [0.15, 0.2) is 0 Å². The van der Waals surface area contributed by atoms with Crippen LogP contribution < -0.4 is 10.1 Å². The summed E-state index contributed by atoms with van der Waals surface area (Å²) in [6.45, 7) is 9.34. The van der Waals surface area contributed by atoms with Crippen LogP contribution in [0.5, 0.6) is 5.75 Å². The van der Waals surface area contributed by atoms with Crippen LogP contribution in [0.15, 0.2) is 61.2 Å². The number of aromatic nitrogens is 2. The van der Waals surface area contributed by atoms with Crippen molar-refractivity contribution < 1.29 is 9.53 Å². The zero-order chi connectivity index (χ0) is 19.2. The molecule has 5 nitrogen and oxygen atoms in total. The lowest BCUT2D eigenvalue weighted by molar-refractivity contribution is -0.116. The third kappa shape index (κ3) is 4.56. The molecule has 0 saturated carbocycles. The van der Waals surface area contributed by atoms with E-state index in [0.29, 0.717) is 25.6 Å². The van der Waals surface area contributed by atoms with E-state index in [-0.39, 0.29) is 5.91 Å². The summed E-state index contributed by atoms with van der Waals surface area (Å²) in [6.07, 6.45) is 1.26. The minimum absolute atomic E-state index is 0.213. The molecule has 0 unspecified atom stereocenters. The molecule has 140 valence electrons. The minimum Gasteiger partial charge on any atom is -0.492 e. The third-order valence-corrected chi connectivity index (χ3v) is 4.47. The number of carbonyl (C=O) groups excluding carboxylic acids is 1. The van der Waals surface area contributed by atoms with Crippen molar-refractivity contribution in [2.24, 2.45) is 0 Å². The molecular formula is C22H25N3O2. The molecule has 2 aromatic carbocycles. The standard InChI is InChI=1S/C22H25N3O2/c1-4-22(26)23-15-21-24-19-7-5-6-8-20(19)25(21)13-14-27-18-11-9-17(10-12-18)16(2)3/h4-12,16H,1,13-15H2,2-3H3,(H,23,26). The SMILES string of the molecule is C=CC(=O)NCc1nc2ccccc2n1CCOc1ccc(C(C)C)cc1. The third-order valence-electron chi connectivity index (χ3n) is 4.47. The van der Waals surface area contributed by atoms with Gasteiger partial charge in [-0.1, -0.05) is 44.7 Å². The van der Waals surface area contributed by atoms with Crippen LogP contribution in [-0.4, -0.2) is 22.1 Å². The molecule has 3 rings (SSSR count). The highest BCUT2D eigenvalue weighted by Crippen LogP contribution is 2.19. The lowest BCUT2D eigenvalue weighted by atomic mass is 10.0. The van der Waals surface area contributed by atoms with Crippen molar-refractivity contribution in [3.05, 3.63) is 72.6 Å². The Hall–Kier alpha value is -3.08. The monoisotopic (exact) mass is 363 g/mol. The van der Waals surface area contributed by atoms with Crippen LogP contribution >= 0.6 is 0 Å². The molecule has 1 aromatic heterocycles. The van der Waals surface area contributed by atoms with E-state index in [1.54, 1.807) is 0 Å². The molecule has 0 atom stereocenters. The Morgan fingerprint density at radius 3 is 2.67 bits per heavy atom. The van der Waals surface area contributed by atoms with Gasteiger partial charge in [0.25, 0.3) is 0 Å². The summed E-state index contributed by atoms with van der Waals surface area (Å²) in [7, 11) is 0. The van der Waals surface area contributed by atoms with Gasteiger partial charge in [0.05, 0.1) is 24.1 Å². The van der Waals surface area contributed by atoms with Crippen LogP contribution in [0.2, 0.25) is 0 Å². The second-order valence-corrected chi connectivity index (χ2v) is 6.66. The van der Waals surface area contributed by atoms with E-state index in [2.05, 4.69) is 47.4 Å². The summed E-state index contributed by atoms with van der Waals surface area (Å²) < 4.78 is 8.00. The molecular weight excluding hydrogens is 338 g/mol. The zero-order valence-corrected chi connectivity index (χ0v) is 15.8. The van der Waals surface area contributed by atoms with Crippen molar-refractivity contribution in [1.82, 2.24) is 14.9 Å². The Morgan fingerprint density at radius 1 is 1.22 bits per heavy atom. The van der Waals surface area contributed by atoms with E-state index in [9.17, 15) is 4.79 Å². The lowest BCUT2D eigenvalue weighted by Gasteiger charge is -2.12. The molecule has 27 heavy (non-hydrogen) atoms. The predicted molar refractivity (Wildman–Crippen MR) is 108 cm³/mol. The predicted octanol–water partition coefficient (Wildman–Crippen LogP) is 4.04. The summed E-state index contributed by atoms with van der Waals surface area (Å²) in [5.41, 5.74) is 3.23. The molecule has 1 amide bonds. The average molecular weight is 363 g/mol. The molecule has 0 fully saturated rings. The van der Waals surface area contributed by atoms with Crippen molar-refractivity contribution >= 4 is 16.9 Å². The van der Waals surface area contributed by atoms with Crippen molar-refractivity contribution in [1.29, 1.82) is 0 Å². The van der Waals surface area contributed by atoms with Crippen molar-refractivity contribution in [2.45, 2.75) is 32.9 Å². The van der Waals surface area contributed by atoms with Gasteiger partial charge in [0.1, 0.15) is 18.2 Å². The summed E-state index contributed by atoms with van der Waals surface area (Å²) in [5, 5.41) is 2.79. The van der Waals surface area contributed by atoms with Gasteiger partial charge in [0, 0.05) is 0 Å². The first-order valence-electron chi connectivity index (χ1n) is 9.15. The lowest BCUT2D eigenvalue weighted by Crippen LogP contribution is -2.23. The summed E-state index contributed by atoms with van der Waals surface area (Å²) >= 11 is 0. The van der Waals surface area contributed by atoms with Crippen molar-refractivity contribution in [3.63, 3.8) is 0 Å². The van der Waals surface area contributed by atoms with E-state index in [0.717, 1.165) is 22.6 Å². The number of imidazole rings is 1. The highest BCUT2D eigenvalue weighted by Gasteiger charge is 2.11. The fourth-order valence-electron chi connectivity index (χ4n) is 2.95. The van der Waals surface area contributed by atoms with Gasteiger partial charge in [-0.15, -0.1) is 0 Å². The van der Waals surface area contributed by atoms with Crippen molar-refractivity contribution in [3.8, 4) is 5.75 Å². The number of nitrogens with one attached hydrogen (secondary N) is 1. The van der Waals surface area contributed by atoms with Crippen LogP contribution in [0.3, 0.4) is 0 Å². The van der Waals surface area contributed by atoms with E-state index in [1.165, 1.54) is 11.6 Å². The van der Waals surface area contributed by atoms with Gasteiger partial charge in [0.2, 0.25) is 5.91 Å². The molecule has 1 N–H and O–H groups in total. The van der Waals surface area contributed by atoms with Crippen LogP contribution in [-0.2, 0) is 17.9 Å². The van der Waals surface area contributed by atoms with E-state index < -0.39 is 0 Å². The first-order valence-corrected chi connectivity index (χ1v) is 9.15. The highest BCUT2D eigenvalue weighted by molar-refractivity contribution is 5.86. The van der Waals surface area contributed by atoms with Crippen LogP contribution in [0, 0.1) is 0 Å². The molecule has 0 aliphatic carbocycles. The van der Waals surface area contributed by atoms with E-state index in [1.807, 2.05) is 36.4 Å². The molecule has 0 bridgehead atoms. The summed E-state index contributed by atoms with van der Waals surface area (Å²) in [5.74, 6) is 1.94. The molecule has 0 radical (unpaired) electrons. The van der Waals surface area contributed by atoms with Crippen LogP contribution in [0.1, 0.15) is 31.2 Å². The molecule has 0 aliphatic heterocycles. The van der Waals surface area contributed by atoms with Gasteiger partial charge in [-0.25, -0.2) is 4.98 Å². The number of benzene rings is 2. The molecule has 0 aliphatic rings. The topological polar surface area (TPSA) is 56.2 Å². The smallest absolute Gasteiger partial charge is 0.243 e. The molecule has 0 spiro atoms. The van der Waals surface area contributed by atoms with E-state index >= 15 is 0 Å². The number of carbonyl (C=O) groups is 1. The quantitative estimate of drug-likeness (QED) is 0.615. The fourth-order valence-corrected chi connectivity index (χ4v) is 2.95. The summed E-state index contributed by atoms with van der Waals surface area (Å²) in [4.78, 5) is 16.1. The summed E-state index contributed by atoms with van der Waals surface area (Å²) in [6, 6.07) is 16.1. The number of hydrogen-bond donors (Lipinski definition) is 1. The number of amides is 1. The molecule has 0 saturated heterocycles. The van der Waals surface area contributed by atoms with Crippen molar-refractivity contribution in [2.75, 3.05) is 6.61 Å². The second kappa shape index (κ2) is 8.54. The minimum atomic E-state index is -0.213. The Labute approximate surface area is 159 Å². The van der Waals surface area contributed by atoms with Gasteiger partial charge >= 0.3 is 0 Å². The molecule has 1 heterocycles. The Balaban J connectivity index is 1.71. The number of nitrogens with zero attached hydrogens (tertiary/aromatic N) is 2. The molecule has 5 heteroatoms. The van der Waals surface area contributed by atoms with Crippen LogP contribution in [0.4, 0.5) is 0 Å². The number of fused-ring (bicyclic) bond motifs is 1. The number of hydrogen-bond acceptors (Lipinski definition) is 3. The Bertz CT molecular complexity index is 926. The average Bonchev–Trinajstić information content (AvgIpc) is 3.04. The Kier molecular flexibility index (Phi) is 5.91. The number of ether oxygens (including phenoxy) is 1. The fraction of sp³-hybridized carbons (Fsp3) is 0.273. The first-order chi connectivity index (χ1) is 13.1.